The Balaban J connectivity index is 2.23. The summed E-state index contributed by atoms with van der Waals surface area (Å²) < 4.78 is 0. The molecule has 3 heteroatoms. The first-order valence-corrected chi connectivity index (χ1v) is 5.68. The third-order valence-electron chi connectivity index (χ3n) is 3.23. The maximum absolute atomic E-state index is 5.64. The van der Waals surface area contributed by atoms with Gasteiger partial charge in [-0.15, -0.1) is 0 Å². The highest BCUT2D eigenvalue weighted by molar-refractivity contribution is 5.47. The molecule has 2 heterocycles. The second kappa shape index (κ2) is 4.09. The number of nitrogens with zero attached hydrogens (tertiary/aromatic N) is 2. The third-order valence-corrected chi connectivity index (χ3v) is 3.23. The molecule has 82 valence electrons. The van der Waals surface area contributed by atoms with Crippen molar-refractivity contribution in [2.24, 2.45) is 0 Å². The summed E-state index contributed by atoms with van der Waals surface area (Å²) in [6.07, 6.45) is 5.59. The van der Waals surface area contributed by atoms with E-state index in [0.717, 1.165) is 11.5 Å². The summed E-state index contributed by atoms with van der Waals surface area (Å²) in [6.45, 7) is 4.54. The molecule has 0 saturated carbocycles. The highest BCUT2D eigenvalue weighted by atomic mass is 15.2. The van der Waals surface area contributed by atoms with E-state index in [9.17, 15) is 0 Å². The molecule has 3 nitrogen and oxygen atoms in total. The van der Waals surface area contributed by atoms with Crippen LogP contribution in [0.25, 0.3) is 0 Å². The standard InChI is InChI=1S/C12H19N3/c1-9-4-3-5-10(2)15(9)12-7-6-11(13)8-14-12/h6-10H,3-5,13H2,1-2H3/t9-,10-/m0/s1. The highest BCUT2D eigenvalue weighted by Gasteiger charge is 2.25. The molecule has 0 radical (unpaired) electrons. The molecule has 0 amide bonds. The van der Waals surface area contributed by atoms with Gasteiger partial charge in [0, 0.05) is 12.1 Å². The molecular weight excluding hydrogens is 186 g/mol. The van der Waals surface area contributed by atoms with Crippen LogP contribution in [0.1, 0.15) is 33.1 Å². The maximum Gasteiger partial charge on any atom is 0.129 e. The van der Waals surface area contributed by atoms with Crippen molar-refractivity contribution in [1.29, 1.82) is 0 Å². The van der Waals surface area contributed by atoms with Gasteiger partial charge in [0.15, 0.2) is 0 Å². The molecule has 1 fully saturated rings. The monoisotopic (exact) mass is 205 g/mol. The van der Waals surface area contributed by atoms with Gasteiger partial charge in [0.1, 0.15) is 5.82 Å². The molecule has 2 rings (SSSR count). The molecule has 15 heavy (non-hydrogen) atoms. The number of piperidine rings is 1. The van der Waals surface area contributed by atoms with Gasteiger partial charge >= 0.3 is 0 Å². The minimum Gasteiger partial charge on any atom is -0.397 e. The van der Waals surface area contributed by atoms with Crippen LogP contribution in [0.4, 0.5) is 11.5 Å². The van der Waals surface area contributed by atoms with E-state index in [1.54, 1.807) is 6.20 Å². The van der Waals surface area contributed by atoms with E-state index >= 15 is 0 Å². The van der Waals surface area contributed by atoms with Gasteiger partial charge < -0.3 is 10.6 Å². The summed E-state index contributed by atoms with van der Waals surface area (Å²) in [5.74, 6) is 1.06. The van der Waals surface area contributed by atoms with Crippen LogP contribution in [0.2, 0.25) is 0 Å². The molecule has 0 aliphatic carbocycles. The molecule has 1 aromatic heterocycles. The Morgan fingerprint density at radius 2 is 1.93 bits per heavy atom. The van der Waals surface area contributed by atoms with Crippen molar-refractivity contribution in [3.8, 4) is 0 Å². The summed E-state index contributed by atoms with van der Waals surface area (Å²) in [6, 6.07) is 5.12. The lowest BCUT2D eigenvalue weighted by Crippen LogP contribution is -2.44. The first-order chi connectivity index (χ1) is 7.18. The smallest absolute Gasteiger partial charge is 0.129 e. The van der Waals surface area contributed by atoms with Crippen molar-refractivity contribution in [2.75, 3.05) is 10.6 Å². The van der Waals surface area contributed by atoms with Crippen molar-refractivity contribution in [3.63, 3.8) is 0 Å². The zero-order valence-electron chi connectivity index (χ0n) is 9.48. The van der Waals surface area contributed by atoms with E-state index in [1.807, 2.05) is 12.1 Å². The van der Waals surface area contributed by atoms with E-state index in [1.165, 1.54) is 19.3 Å². The number of nitrogen functional groups attached to an aromatic ring is 1. The van der Waals surface area contributed by atoms with Crippen molar-refractivity contribution >= 4 is 11.5 Å². The van der Waals surface area contributed by atoms with Crippen LogP contribution >= 0.6 is 0 Å². The third kappa shape index (κ3) is 2.06. The quantitative estimate of drug-likeness (QED) is 0.765. The topological polar surface area (TPSA) is 42.1 Å². The lowest BCUT2D eigenvalue weighted by molar-refractivity contribution is 0.411. The number of aromatic nitrogens is 1. The van der Waals surface area contributed by atoms with Crippen molar-refractivity contribution in [3.05, 3.63) is 18.3 Å². The van der Waals surface area contributed by atoms with E-state index in [0.29, 0.717) is 12.1 Å². The predicted molar refractivity (Wildman–Crippen MR) is 63.9 cm³/mol. The summed E-state index contributed by atoms with van der Waals surface area (Å²) in [5.41, 5.74) is 6.38. The van der Waals surface area contributed by atoms with Crippen molar-refractivity contribution < 1.29 is 0 Å². The van der Waals surface area contributed by atoms with Gasteiger partial charge in [-0.1, -0.05) is 0 Å². The highest BCUT2D eigenvalue weighted by Crippen LogP contribution is 2.27. The minimum absolute atomic E-state index is 0.588. The number of rotatable bonds is 1. The normalized spacial score (nSPS) is 26.7. The molecule has 1 saturated heterocycles. The summed E-state index contributed by atoms with van der Waals surface area (Å²) >= 11 is 0. The molecule has 0 spiro atoms. The predicted octanol–water partition coefficient (Wildman–Crippen LogP) is 2.43. The number of hydrogen-bond acceptors (Lipinski definition) is 3. The van der Waals surface area contributed by atoms with Crippen molar-refractivity contribution in [1.82, 2.24) is 4.98 Å². The Bertz CT molecular complexity index is 310. The Kier molecular flexibility index (Phi) is 2.80. The van der Waals surface area contributed by atoms with Crippen LogP contribution < -0.4 is 10.6 Å². The van der Waals surface area contributed by atoms with E-state index in [4.69, 9.17) is 5.73 Å². The second-order valence-corrected chi connectivity index (χ2v) is 4.49. The lowest BCUT2D eigenvalue weighted by Gasteiger charge is -2.40. The number of anilines is 2. The van der Waals surface area contributed by atoms with Crippen LogP contribution in [0, 0.1) is 0 Å². The average Bonchev–Trinajstić information content (AvgIpc) is 2.20. The fourth-order valence-electron chi connectivity index (χ4n) is 2.42. The zero-order chi connectivity index (χ0) is 10.8. The lowest BCUT2D eigenvalue weighted by atomic mass is 9.97. The van der Waals surface area contributed by atoms with Crippen LogP contribution in [-0.4, -0.2) is 17.1 Å². The summed E-state index contributed by atoms with van der Waals surface area (Å²) in [5, 5.41) is 0. The molecule has 1 aliphatic heterocycles. The largest absolute Gasteiger partial charge is 0.397 e. The molecular formula is C12H19N3. The fourth-order valence-corrected chi connectivity index (χ4v) is 2.42. The van der Waals surface area contributed by atoms with Crippen LogP contribution in [0.5, 0.6) is 0 Å². The number of hydrogen-bond donors (Lipinski definition) is 1. The molecule has 0 aromatic carbocycles. The SMILES string of the molecule is C[C@H]1CCC[C@H](C)N1c1ccc(N)cn1. The fraction of sp³-hybridized carbons (Fsp3) is 0.583. The zero-order valence-corrected chi connectivity index (χ0v) is 9.48. The Morgan fingerprint density at radius 3 is 2.47 bits per heavy atom. The molecule has 1 aromatic rings. The van der Waals surface area contributed by atoms with E-state index in [-0.39, 0.29) is 0 Å². The molecule has 0 unspecified atom stereocenters. The van der Waals surface area contributed by atoms with E-state index in [2.05, 4.69) is 23.7 Å². The number of nitrogens with two attached hydrogens (primary N) is 1. The first kappa shape index (κ1) is 10.3. The Labute approximate surface area is 91.3 Å². The maximum atomic E-state index is 5.64. The van der Waals surface area contributed by atoms with Gasteiger partial charge in [-0.05, 0) is 45.2 Å². The molecule has 2 N–H and O–H groups in total. The van der Waals surface area contributed by atoms with Gasteiger partial charge in [-0.25, -0.2) is 4.98 Å². The van der Waals surface area contributed by atoms with Gasteiger partial charge in [0.25, 0.3) is 0 Å². The van der Waals surface area contributed by atoms with Crippen LogP contribution in [0.15, 0.2) is 18.3 Å². The Morgan fingerprint density at radius 1 is 1.27 bits per heavy atom. The first-order valence-electron chi connectivity index (χ1n) is 5.68. The van der Waals surface area contributed by atoms with E-state index < -0.39 is 0 Å². The second-order valence-electron chi connectivity index (χ2n) is 4.49. The molecule has 2 atom stereocenters. The van der Waals surface area contributed by atoms with Gasteiger partial charge in [0.2, 0.25) is 0 Å². The van der Waals surface area contributed by atoms with Gasteiger partial charge in [-0.3, -0.25) is 0 Å². The van der Waals surface area contributed by atoms with Gasteiger partial charge in [0.05, 0.1) is 11.9 Å². The molecule has 1 aliphatic rings. The summed E-state index contributed by atoms with van der Waals surface area (Å²) in [7, 11) is 0. The van der Waals surface area contributed by atoms with Crippen molar-refractivity contribution in [2.45, 2.75) is 45.2 Å². The number of pyridine rings is 1. The van der Waals surface area contributed by atoms with Crippen LogP contribution in [0.3, 0.4) is 0 Å². The van der Waals surface area contributed by atoms with Crippen LogP contribution in [-0.2, 0) is 0 Å². The van der Waals surface area contributed by atoms with Gasteiger partial charge in [-0.2, -0.15) is 0 Å². The summed E-state index contributed by atoms with van der Waals surface area (Å²) in [4.78, 5) is 6.81. The molecule has 0 bridgehead atoms. The average molecular weight is 205 g/mol. The Hall–Kier alpha value is -1.25. The minimum atomic E-state index is 0.588.